The molecule has 3 aliphatic heterocycles. The Hall–Kier alpha value is -2.19. The molecule has 164 valence electrons. The molecule has 31 heavy (non-hydrogen) atoms. The molecule has 1 aromatic rings. The van der Waals surface area contributed by atoms with Crippen LogP contribution in [0.5, 0.6) is 0 Å². The number of carbonyl (C=O) groups is 3. The lowest BCUT2D eigenvalue weighted by Gasteiger charge is -2.32. The summed E-state index contributed by atoms with van der Waals surface area (Å²) in [7, 11) is 0. The monoisotopic (exact) mass is 441 g/mol. The van der Waals surface area contributed by atoms with E-state index in [0.29, 0.717) is 6.54 Å². The van der Waals surface area contributed by atoms with Crippen LogP contribution in [0.25, 0.3) is 0 Å². The Kier molecular flexibility index (Phi) is 4.51. The quantitative estimate of drug-likeness (QED) is 0.659. The van der Waals surface area contributed by atoms with Crippen LogP contribution in [0.1, 0.15) is 43.4 Å². The highest BCUT2D eigenvalue weighted by molar-refractivity contribution is 7.09. The van der Waals surface area contributed by atoms with Crippen molar-refractivity contribution in [3.05, 3.63) is 34.5 Å². The van der Waals surface area contributed by atoms with Crippen LogP contribution in [0.3, 0.4) is 0 Å². The Morgan fingerprint density at radius 2 is 1.87 bits per heavy atom. The second-order valence-electron chi connectivity index (χ2n) is 9.52. The smallest absolute Gasteiger partial charge is 0.246 e. The van der Waals surface area contributed by atoms with Gasteiger partial charge in [-0.25, -0.2) is 0 Å². The first-order chi connectivity index (χ1) is 15.1. The molecule has 5 atom stereocenters. The molecule has 2 bridgehead atoms. The fraction of sp³-hybridized carbons (Fsp3) is 0.609. The largest absolute Gasteiger partial charge is 0.359 e. The molecule has 2 aliphatic carbocycles. The number of nitrogens with zero attached hydrogens (tertiary/aromatic N) is 1. The number of carbonyl (C=O) groups excluding carboxylic acids is 3. The second-order valence-corrected chi connectivity index (χ2v) is 10.6. The van der Waals surface area contributed by atoms with Crippen molar-refractivity contribution in [1.29, 1.82) is 0 Å². The van der Waals surface area contributed by atoms with E-state index in [-0.39, 0.29) is 29.8 Å². The number of nitrogens with one attached hydrogen (secondary N) is 2. The number of amides is 3. The molecular formula is C23H27N3O4S. The predicted molar refractivity (Wildman–Crippen MR) is 114 cm³/mol. The zero-order valence-corrected chi connectivity index (χ0v) is 18.1. The van der Waals surface area contributed by atoms with Gasteiger partial charge in [-0.15, -0.1) is 11.3 Å². The first kappa shape index (κ1) is 19.5. The van der Waals surface area contributed by atoms with Gasteiger partial charge in [0.25, 0.3) is 0 Å². The van der Waals surface area contributed by atoms with Crippen LogP contribution < -0.4 is 10.6 Å². The standard InChI is InChI=1S/C23H27N3O4S/c27-20(24-14-7-8-14)17-16-9-10-23(30-16)18(17)22(29)26(12-15-6-3-11-31-15)19(23)21(28)25-13-4-1-2-5-13/h3,6,9-11,13-14,16-19H,1-2,4-5,7-8,12H2,(H,24,27)(H,25,28)/t16-,17+,18-,19-,23-/m1/s1. The Morgan fingerprint density at radius 3 is 2.58 bits per heavy atom. The highest BCUT2D eigenvalue weighted by atomic mass is 32.1. The summed E-state index contributed by atoms with van der Waals surface area (Å²) < 4.78 is 6.35. The van der Waals surface area contributed by atoms with Crippen LogP contribution in [-0.4, -0.2) is 52.5 Å². The van der Waals surface area contributed by atoms with Gasteiger partial charge in [0.2, 0.25) is 17.7 Å². The molecule has 8 heteroatoms. The lowest BCUT2D eigenvalue weighted by atomic mass is 9.74. The maximum atomic E-state index is 13.7. The minimum Gasteiger partial charge on any atom is -0.359 e. The van der Waals surface area contributed by atoms with Crippen molar-refractivity contribution in [2.24, 2.45) is 11.8 Å². The van der Waals surface area contributed by atoms with Crippen LogP contribution in [0, 0.1) is 11.8 Å². The number of rotatable bonds is 6. The third-order valence-corrected chi connectivity index (χ3v) is 8.32. The minimum atomic E-state index is -1.06. The first-order valence-electron chi connectivity index (χ1n) is 11.4. The summed E-state index contributed by atoms with van der Waals surface area (Å²) in [5.41, 5.74) is -1.06. The zero-order valence-electron chi connectivity index (χ0n) is 17.3. The fourth-order valence-corrected chi connectivity index (χ4v) is 6.59. The minimum absolute atomic E-state index is 0.120. The van der Waals surface area contributed by atoms with E-state index in [1.165, 1.54) is 0 Å². The molecule has 4 heterocycles. The normalized spacial score (nSPS) is 36.3. The molecule has 0 radical (unpaired) electrons. The molecular weight excluding hydrogens is 414 g/mol. The molecule has 2 N–H and O–H groups in total. The van der Waals surface area contributed by atoms with Crippen LogP contribution in [0.15, 0.2) is 29.7 Å². The Bertz CT molecular complexity index is 937. The summed E-state index contributed by atoms with van der Waals surface area (Å²) >= 11 is 1.56. The van der Waals surface area contributed by atoms with Gasteiger partial charge in [-0.1, -0.05) is 31.1 Å². The van der Waals surface area contributed by atoms with Gasteiger partial charge >= 0.3 is 0 Å². The van der Waals surface area contributed by atoms with Crippen molar-refractivity contribution in [3.8, 4) is 0 Å². The predicted octanol–water partition coefficient (Wildman–Crippen LogP) is 1.74. The molecule has 4 fully saturated rings. The van der Waals surface area contributed by atoms with E-state index < -0.39 is 29.6 Å². The van der Waals surface area contributed by atoms with Crippen molar-refractivity contribution < 1.29 is 19.1 Å². The van der Waals surface area contributed by atoms with Gasteiger partial charge < -0.3 is 20.3 Å². The molecule has 0 aromatic carbocycles. The van der Waals surface area contributed by atoms with Gasteiger partial charge in [0, 0.05) is 17.0 Å². The van der Waals surface area contributed by atoms with Gasteiger partial charge in [-0.2, -0.15) is 0 Å². The zero-order chi connectivity index (χ0) is 21.2. The Morgan fingerprint density at radius 1 is 1.13 bits per heavy atom. The van der Waals surface area contributed by atoms with E-state index >= 15 is 0 Å². The van der Waals surface area contributed by atoms with Crippen molar-refractivity contribution >= 4 is 29.1 Å². The molecule has 0 unspecified atom stereocenters. The van der Waals surface area contributed by atoms with Gasteiger partial charge in [-0.05, 0) is 37.1 Å². The lowest BCUT2D eigenvalue weighted by Crippen LogP contribution is -2.55. The van der Waals surface area contributed by atoms with Crippen molar-refractivity contribution in [1.82, 2.24) is 15.5 Å². The average Bonchev–Trinajstić information content (AvgIpc) is 3.24. The summed E-state index contributed by atoms with van der Waals surface area (Å²) in [5.74, 6) is -1.66. The van der Waals surface area contributed by atoms with Gasteiger partial charge in [0.05, 0.1) is 24.5 Å². The molecule has 6 rings (SSSR count). The topological polar surface area (TPSA) is 87.7 Å². The van der Waals surface area contributed by atoms with E-state index in [1.807, 2.05) is 29.7 Å². The maximum absolute atomic E-state index is 13.7. The Labute approximate surface area is 185 Å². The third-order valence-electron chi connectivity index (χ3n) is 7.46. The van der Waals surface area contributed by atoms with Crippen LogP contribution in [-0.2, 0) is 25.7 Å². The van der Waals surface area contributed by atoms with Gasteiger partial charge in [0.1, 0.15) is 11.6 Å². The van der Waals surface area contributed by atoms with Crippen LogP contribution in [0.4, 0.5) is 0 Å². The number of ether oxygens (including phenoxy) is 1. The molecule has 1 aromatic heterocycles. The van der Waals surface area contributed by atoms with Crippen molar-refractivity contribution in [2.45, 2.75) is 74.9 Å². The first-order valence-corrected chi connectivity index (χ1v) is 12.3. The summed E-state index contributed by atoms with van der Waals surface area (Å²) in [6.45, 7) is 0.357. The summed E-state index contributed by atoms with van der Waals surface area (Å²) in [5, 5.41) is 8.20. The molecule has 5 aliphatic rings. The number of fused-ring (bicyclic) bond motifs is 1. The Balaban J connectivity index is 1.34. The summed E-state index contributed by atoms with van der Waals surface area (Å²) in [6, 6.07) is 3.53. The number of hydrogen-bond donors (Lipinski definition) is 2. The number of thiophene rings is 1. The number of likely N-dealkylation sites (tertiary alicyclic amines) is 1. The van der Waals surface area contributed by atoms with Gasteiger partial charge in [0.15, 0.2) is 0 Å². The highest BCUT2D eigenvalue weighted by Crippen LogP contribution is 2.55. The molecule has 3 amide bonds. The van der Waals surface area contributed by atoms with E-state index in [0.717, 1.165) is 43.4 Å². The van der Waals surface area contributed by atoms with Crippen LogP contribution in [0.2, 0.25) is 0 Å². The fourth-order valence-electron chi connectivity index (χ4n) is 5.88. The van der Waals surface area contributed by atoms with Crippen molar-refractivity contribution in [2.75, 3.05) is 0 Å². The molecule has 7 nitrogen and oxygen atoms in total. The summed E-state index contributed by atoms with van der Waals surface area (Å²) in [4.78, 5) is 43.0. The average molecular weight is 442 g/mol. The van der Waals surface area contributed by atoms with E-state index in [2.05, 4.69) is 10.6 Å². The third kappa shape index (κ3) is 3.06. The number of hydrogen-bond acceptors (Lipinski definition) is 5. The van der Waals surface area contributed by atoms with Crippen LogP contribution >= 0.6 is 11.3 Å². The molecule has 2 saturated carbocycles. The molecule has 1 spiro atoms. The van der Waals surface area contributed by atoms with E-state index in [4.69, 9.17) is 4.74 Å². The van der Waals surface area contributed by atoms with Crippen molar-refractivity contribution in [3.63, 3.8) is 0 Å². The SMILES string of the molecule is O=C(NC1CC1)[C@H]1[C@H]2C=C[C@@]3(O2)[C@H]1C(=O)N(Cc1cccs1)[C@@H]3C(=O)NC1CCCC1. The van der Waals surface area contributed by atoms with E-state index in [9.17, 15) is 14.4 Å². The van der Waals surface area contributed by atoms with Gasteiger partial charge in [-0.3, -0.25) is 14.4 Å². The molecule has 2 saturated heterocycles. The summed E-state index contributed by atoms with van der Waals surface area (Å²) in [6.07, 6.45) is 9.46. The second kappa shape index (κ2) is 7.17. The lowest BCUT2D eigenvalue weighted by molar-refractivity contribution is -0.142. The van der Waals surface area contributed by atoms with E-state index in [1.54, 1.807) is 16.2 Å². The highest BCUT2D eigenvalue weighted by Gasteiger charge is 2.72. The maximum Gasteiger partial charge on any atom is 0.246 e.